The Balaban J connectivity index is 2.04. The van der Waals surface area contributed by atoms with Gasteiger partial charge in [-0.3, -0.25) is 4.90 Å². The number of benzene rings is 1. The van der Waals surface area contributed by atoms with Crippen LogP contribution in [-0.4, -0.2) is 30.2 Å². The average Bonchev–Trinajstić information content (AvgIpc) is 2.29. The number of nitrogens with zero attached hydrogens (tertiary/aromatic N) is 1. The normalized spacial score (nSPS) is 26.1. The predicted molar refractivity (Wildman–Crippen MR) is 74.0 cm³/mol. The van der Waals surface area contributed by atoms with Crippen LogP contribution in [0.2, 0.25) is 0 Å². The van der Waals surface area contributed by atoms with Gasteiger partial charge in [0.15, 0.2) is 0 Å². The summed E-state index contributed by atoms with van der Waals surface area (Å²) >= 11 is 3.53. The molecule has 1 aliphatic heterocycles. The van der Waals surface area contributed by atoms with Crippen LogP contribution in [0.5, 0.6) is 0 Å². The summed E-state index contributed by atoms with van der Waals surface area (Å²) in [5.74, 6) is 0. The standard InChI is InChI=1S/C14H20BrNO/c1-3-14-10-17-11(2)8-16(14)9-12-5-4-6-13(15)7-12/h4-7,11,14H,3,8-10H2,1-2H3. The number of hydrogen-bond donors (Lipinski definition) is 0. The zero-order valence-corrected chi connectivity index (χ0v) is 12.1. The summed E-state index contributed by atoms with van der Waals surface area (Å²) in [6.45, 7) is 7.31. The summed E-state index contributed by atoms with van der Waals surface area (Å²) in [4.78, 5) is 2.54. The minimum Gasteiger partial charge on any atom is -0.376 e. The second-order valence-electron chi connectivity index (χ2n) is 4.77. The van der Waals surface area contributed by atoms with Crippen LogP contribution >= 0.6 is 15.9 Å². The zero-order chi connectivity index (χ0) is 12.3. The van der Waals surface area contributed by atoms with Crippen LogP contribution in [0.15, 0.2) is 28.7 Å². The van der Waals surface area contributed by atoms with Crippen molar-refractivity contribution in [2.75, 3.05) is 13.2 Å². The van der Waals surface area contributed by atoms with Crippen LogP contribution in [0.3, 0.4) is 0 Å². The molecule has 1 fully saturated rings. The molecular formula is C14H20BrNO. The molecule has 94 valence electrons. The molecule has 0 spiro atoms. The molecule has 0 N–H and O–H groups in total. The Morgan fingerprint density at radius 2 is 2.29 bits per heavy atom. The van der Waals surface area contributed by atoms with Crippen molar-refractivity contribution in [1.82, 2.24) is 4.90 Å². The predicted octanol–water partition coefficient (Wildman–Crippen LogP) is 3.45. The molecule has 2 rings (SSSR count). The highest BCUT2D eigenvalue weighted by molar-refractivity contribution is 9.10. The van der Waals surface area contributed by atoms with Crippen molar-refractivity contribution in [2.45, 2.75) is 39.0 Å². The Bertz CT molecular complexity index is 369. The molecule has 1 aromatic rings. The van der Waals surface area contributed by atoms with Gasteiger partial charge in [-0.25, -0.2) is 0 Å². The molecule has 1 saturated heterocycles. The van der Waals surface area contributed by atoms with Gasteiger partial charge in [0.25, 0.3) is 0 Å². The molecule has 0 aliphatic carbocycles. The smallest absolute Gasteiger partial charge is 0.0674 e. The van der Waals surface area contributed by atoms with Crippen LogP contribution in [0.1, 0.15) is 25.8 Å². The van der Waals surface area contributed by atoms with E-state index in [1.165, 1.54) is 5.56 Å². The van der Waals surface area contributed by atoms with Gasteiger partial charge in [-0.15, -0.1) is 0 Å². The van der Waals surface area contributed by atoms with Gasteiger partial charge in [0, 0.05) is 23.6 Å². The van der Waals surface area contributed by atoms with Crippen molar-refractivity contribution in [1.29, 1.82) is 0 Å². The van der Waals surface area contributed by atoms with Gasteiger partial charge in [0.2, 0.25) is 0 Å². The first-order chi connectivity index (χ1) is 8.19. The third kappa shape index (κ3) is 3.54. The van der Waals surface area contributed by atoms with E-state index < -0.39 is 0 Å². The Hall–Kier alpha value is -0.380. The Morgan fingerprint density at radius 3 is 3.00 bits per heavy atom. The Kier molecular flexibility index (Phi) is 4.60. The SMILES string of the molecule is CCC1COC(C)CN1Cc1cccc(Br)c1. The van der Waals surface area contributed by atoms with E-state index >= 15 is 0 Å². The summed E-state index contributed by atoms with van der Waals surface area (Å²) in [5.41, 5.74) is 1.37. The van der Waals surface area contributed by atoms with E-state index in [1.54, 1.807) is 0 Å². The van der Waals surface area contributed by atoms with Crippen LogP contribution < -0.4 is 0 Å². The molecule has 0 bridgehead atoms. The quantitative estimate of drug-likeness (QED) is 0.847. The molecule has 1 aliphatic rings. The number of morpholine rings is 1. The van der Waals surface area contributed by atoms with Gasteiger partial charge in [0.05, 0.1) is 12.7 Å². The first kappa shape index (κ1) is 13.1. The minimum atomic E-state index is 0.352. The number of ether oxygens (including phenoxy) is 1. The maximum Gasteiger partial charge on any atom is 0.0674 e. The van der Waals surface area contributed by atoms with E-state index in [0.717, 1.165) is 30.6 Å². The maximum absolute atomic E-state index is 5.72. The fraction of sp³-hybridized carbons (Fsp3) is 0.571. The number of halogens is 1. The van der Waals surface area contributed by atoms with E-state index in [4.69, 9.17) is 4.74 Å². The van der Waals surface area contributed by atoms with E-state index in [1.807, 2.05) is 0 Å². The topological polar surface area (TPSA) is 12.5 Å². The van der Waals surface area contributed by atoms with Crippen molar-refractivity contribution in [2.24, 2.45) is 0 Å². The highest BCUT2D eigenvalue weighted by Gasteiger charge is 2.25. The van der Waals surface area contributed by atoms with Gasteiger partial charge < -0.3 is 4.74 Å². The summed E-state index contributed by atoms with van der Waals surface area (Å²) in [7, 11) is 0. The van der Waals surface area contributed by atoms with E-state index in [-0.39, 0.29) is 0 Å². The molecular weight excluding hydrogens is 278 g/mol. The molecule has 2 atom stereocenters. The molecule has 2 nitrogen and oxygen atoms in total. The summed E-state index contributed by atoms with van der Waals surface area (Å²) < 4.78 is 6.88. The van der Waals surface area contributed by atoms with Crippen LogP contribution in [0.25, 0.3) is 0 Å². The van der Waals surface area contributed by atoms with Crippen molar-refractivity contribution in [3.05, 3.63) is 34.3 Å². The highest BCUT2D eigenvalue weighted by Crippen LogP contribution is 2.19. The lowest BCUT2D eigenvalue weighted by atomic mass is 10.1. The molecule has 0 aromatic heterocycles. The number of hydrogen-bond acceptors (Lipinski definition) is 2. The third-order valence-corrected chi connectivity index (χ3v) is 3.82. The highest BCUT2D eigenvalue weighted by atomic mass is 79.9. The summed E-state index contributed by atoms with van der Waals surface area (Å²) in [6, 6.07) is 9.13. The van der Waals surface area contributed by atoms with Crippen LogP contribution in [0, 0.1) is 0 Å². The van der Waals surface area contributed by atoms with Crippen molar-refractivity contribution >= 4 is 15.9 Å². The van der Waals surface area contributed by atoms with Gasteiger partial charge in [-0.05, 0) is 31.0 Å². The number of rotatable bonds is 3. The van der Waals surface area contributed by atoms with E-state index in [2.05, 4.69) is 58.9 Å². The largest absolute Gasteiger partial charge is 0.376 e. The second-order valence-corrected chi connectivity index (χ2v) is 5.68. The molecule has 2 unspecified atom stereocenters. The van der Waals surface area contributed by atoms with Gasteiger partial charge in [-0.1, -0.05) is 35.0 Å². The first-order valence-corrected chi connectivity index (χ1v) is 7.08. The fourth-order valence-electron chi connectivity index (χ4n) is 2.35. The van der Waals surface area contributed by atoms with Gasteiger partial charge >= 0.3 is 0 Å². The molecule has 0 amide bonds. The molecule has 3 heteroatoms. The second kappa shape index (κ2) is 5.98. The molecule has 0 saturated carbocycles. The maximum atomic E-state index is 5.72. The van der Waals surface area contributed by atoms with Gasteiger partial charge in [0.1, 0.15) is 0 Å². The Morgan fingerprint density at radius 1 is 1.47 bits per heavy atom. The first-order valence-electron chi connectivity index (χ1n) is 6.29. The summed E-state index contributed by atoms with van der Waals surface area (Å²) in [5, 5.41) is 0. The monoisotopic (exact) mass is 297 g/mol. The summed E-state index contributed by atoms with van der Waals surface area (Å²) in [6.07, 6.45) is 1.51. The van der Waals surface area contributed by atoms with Crippen LogP contribution in [-0.2, 0) is 11.3 Å². The molecule has 1 aromatic carbocycles. The molecule has 1 heterocycles. The molecule has 17 heavy (non-hydrogen) atoms. The lowest BCUT2D eigenvalue weighted by molar-refractivity contribution is -0.0592. The molecule has 0 radical (unpaired) electrons. The average molecular weight is 298 g/mol. The zero-order valence-electron chi connectivity index (χ0n) is 10.5. The van der Waals surface area contributed by atoms with E-state index in [9.17, 15) is 0 Å². The van der Waals surface area contributed by atoms with Crippen molar-refractivity contribution in [3.63, 3.8) is 0 Å². The third-order valence-electron chi connectivity index (χ3n) is 3.33. The van der Waals surface area contributed by atoms with Crippen LogP contribution in [0.4, 0.5) is 0 Å². The minimum absolute atomic E-state index is 0.352. The van der Waals surface area contributed by atoms with Gasteiger partial charge in [-0.2, -0.15) is 0 Å². The van der Waals surface area contributed by atoms with E-state index in [0.29, 0.717) is 12.1 Å². The Labute approximate surface area is 112 Å². The van der Waals surface area contributed by atoms with Crippen molar-refractivity contribution < 1.29 is 4.74 Å². The lowest BCUT2D eigenvalue weighted by Crippen LogP contribution is -2.47. The fourth-order valence-corrected chi connectivity index (χ4v) is 2.80. The van der Waals surface area contributed by atoms with Crippen molar-refractivity contribution in [3.8, 4) is 0 Å². The lowest BCUT2D eigenvalue weighted by Gasteiger charge is -2.38.